The molecule has 31 heavy (non-hydrogen) atoms. The molecule has 7 nitrogen and oxygen atoms in total. The number of carbonyl (C=O) groups excluding carboxylic acids is 2. The predicted molar refractivity (Wildman–Crippen MR) is 114 cm³/mol. The fraction of sp³-hybridized carbons (Fsp3) is 0.545. The monoisotopic (exact) mass is 452 g/mol. The highest BCUT2D eigenvalue weighted by atomic mass is 32.2. The van der Waals surface area contributed by atoms with Gasteiger partial charge in [0, 0.05) is 18.0 Å². The van der Waals surface area contributed by atoms with Crippen molar-refractivity contribution in [3.05, 3.63) is 41.2 Å². The fourth-order valence-electron chi connectivity index (χ4n) is 3.35. The van der Waals surface area contributed by atoms with Gasteiger partial charge in [-0.1, -0.05) is 18.6 Å². The Hall–Kier alpha value is -2.26. The quantitative estimate of drug-likeness (QED) is 0.375. The first-order valence-electron chi connectivity index (χ1n) is 10.7. The molecule has 2 aliphatic rings. The molecule has 1 fully saturated rings. The van der Waals surface area contributed by atoms with E-state index in [0.29, 0.717) is 49.3 Å². The molecule has 3 rings (SSSR count). The summed E-state index contributed by atoms with van der Waals surface area (Å²) in [5.41, 5.74) is 1.21. The number of hydrogen-bond donors (Lipinski definition) is 2. The van der Waals surface area contributed by atoms with Crippen molar-refractivity contribution in [3.8, 4) is 5.75 Å². The molecule has 170 valence electrons. The summed E-state index contributed by atoms with van der Waals surface area (Å²) in [5, 5.41) is 2.27. The summed E-state index contributed by atoms with van der Waals surface area (Å²) in [4.78, 5) is 22.8. The first-order chi connectivity index (χ1) is 14.7. The number of halogens is 1. The van der Waals surface area contributed by atoms with Crippen LogP contribution in [0.15, 0.2) is 29.8 Å². The number of amides is 2. The van der Waals surface area contributed by atoms with Crippen LogP contribution in [0.1, 0.15) is 63.5 Å². The third kappa shape index (κ3) is 7.43. The van der Waals surface area contributed by atoms with E-state index in [4.69, 9.17) is 4.74 Å². The number of ether oxygens (including phenoxy) is 1. The van der Waals surface area contributed by atoms with Gasteiger partial charge in [0.25, 0.3) is 5.91 Å². The zero-order chi connectivity index (χ0) is 22.4. The third-order valence-electron chi connectivity index (χ3n) is 5.42. The average molecular weight is 453 g/mol. The molecule has 2 N–H and O–H groups in total. The van der Waals surface area contributed by atoms with Crippen LogP contribution in [0.25, 0.3) is 0 Å². The van der Waals surface area contributed by atoms with E-state index in [1.165, 1.54) is 6.07 Å². The third-order valence-corrected chi connectivity index (χ3v) is 6.96. The van der Waals surface area contributed by atoms with Gasteiger partial charge in [-0.3, -0.25) is 14.9 Å². The normalized spacial score (nSPS) is 17.8. The van der Waals surface area contributed by atoms with E-state index in [2.05, 4.69) is 10.0 Å². The maximum absolute atomic E-state index is 13.9. The van der Waals surface area contributed by atoms with Crippen molar-refractivity contribution in [2.75, 3.05) is 12.4 Å². The van der Waals surface area contributed by atoms with E-state index in [9.17, 15) is 22.4 Å². The maximum atomic E-state index is 13.9. The van der Waals surface area contributed by atoms with Gasteiger partial charge in [0.1, 0.15) is 0 Å². The van der Waals surface area contributed by atoms with Gasteiger partial charge in [-0.15, -0.1) is 0 Å². The Morgan fingerprint density at radius 2 is 2.00 bits per heavy atom. The topological polar surface area (TPSA) is 102 Å². The largest absolute Gasteiger partial charge is 0.490 e. The molecule has 0 aromatic heterocycles. The van der Waals surface area contributed by atoms with Crippen molar-refractivity contribution >= 4 is 21.8 Å². The van der Waals surface area contributed by atoms with E-state index in [-0.39, 0.29) is 29.7 Å². The number of sulfonamides is 1. The molecule has 0 unspecified atom stereocenters. The summed E-state index contributed by atoms with van der Waals surface area (Å²) >= 11 is 0. The van der Waals surface area contributed by atoms with Gasteiger partial charge in [0.2, 0.25) is 15.9 Å². The van der Waals surface area contributed by atoms with E-state index >= 15 is 0 Å². The van der Waals surface area contributed by atoms with Crippen LogP contribution in [-0.4, -0.2) is 32.6 Å². The molecular formula is C22H29FN2O5S. The predicted octanol–water partition coefficient (Wildman–Crippen LogP) is 3.13. The van der Waals surface area contributed by atoms with Gasteiger partial charge in [-0.25, -0.2) is 17.5 Å². The van der Waals surface area contributed by atoms with E-state index < -0.39 is 21.9 Å². The summed E-state index contributed by atoms with van der Waals surface area (Å²) in [6, 6.07) is 3.90. The van der Waals surface area contributed by atoms with Crippen LogP contribution >= 0.6 is 0 Å². The van der Waals surface area contributed by atoms with Crippen LogP contribution in [0.3, 0.4) is 0 Å². The molecule has 1 aliphatic heterocycles. The fourth-order valence-corrected chi connectivity index (χ4v) is 4.73. The minimum Gasteiger partial charge on any atom is -0.490 e. The maximum Gasteiger partial charge on any atom is 0.253 e. The summed E-state index contributed by atoms with van der Waals surface area (Å²) in [5.74, 6) is -0.510. The number of unbranched alkanes of at least 4 members (excludes halogenated alkanes) is 2. The van der Waals surface area contributed by atoms with Gasteiger partial charge in [0.05, 0.1) is 12.4 Å². The highest BCUT2D eigenvalue weighted by Gasteiger charge is 2.23. The van der Waals surface area contributed by atoms with E-state index in [1.807, 2.05) is 0 Å². The molecule has 1 heterocycles. The van der Waals surface area contributed by atoms with Crippen molar-refractivity contribution in [1.82, 2.24) is 10.0 Å². The van der Waals surface area contributed by atoms with Gasteiger partial charge in [-0.05, 0) is 62.6 Å². The Balaban J connectivity index is 1.42. The van der Waals surface area contributed by atoms with E-state index in [0.717, 1.165) is 12.8 Å². The van der Waals surface area contributed by atoms with E-state index in [1.54, 1.807) is 25.1 Å². The van der Waals surface area contributed by atoms with Crippen LogP contribution < -0.4 is 14.8 Å². The molecule has 2 amide bonds. The first kappa shape index (κ1) is 23.4. The highest BCUT2D eigenvalue weighted by molar-refractivity contribution is 7.89. The number of benzene rings is 1. The van der Waals surface area contributed by atoms with Crippen molar-refractivity contribution in [2.45, 2.75) is 57.9 Å². The number of hydrogen-bond acceptors (Lipinski definition) is 5. The second kappa shape index (κ2) is 10.4. The Kier molecular flexibility index (Phi) is 7.83. The molecule has 1 saturated carbocycles. The SMILES string of the molecule is C[C@@H](NS(=O)(=O)CCCCCC1=CCC(=O)NC1=O)c1ccc(F)c(OCC2CC2)c1. The zero-order valence-corrected chi connectivity index (χ0v) is 18.5. The van der Waals surface area contributed by atoms with Crippen LogP contribution in [0.4, 0.5) is 4.39 Å². The average Bonchev–Trinajstić information content (AvgIpc) is 3.52. The summed E-state index contributed by atoms with van der Waals surface area (Å²) in [7, 11) is -3.51. The first-order valence-corrected chi connectivity index (χ1v) is 12.3. The lowest BCUT2D eigenvalue weighted by atomic mass is 10.0. The lowest BCUT2D eigenvalue weighted by molar-refractivity contribution is -0.128. The molecule has 0 bridgehead atoms. The van der Waals surface area contributed by atoms with Crippen molar-refractivity contribution in [2.24, 2.45) is 5.92 Å². The summed E-state index contributed by atoms with van der Waals surface area (Å²) in [6.45, 7) is 2.19. The molecule has 1 atom stereocenters. The second-order valence-corrected chi connectivity index (χ2v) is 10.1. The molecule has 9 heteroatoms. The van der Waals surface area contributed by atoms with Crippen LogP contribution in [0.2, 0.25) is 0 Å². The second-order valence-electron chi connectivity index (χ2n) is 8.22. The lowest BCUT2D eigenvalue weighted by Gasteiger charge is -2.16. The molecule has 1 aliphatic carbocycles. The Morgan fingerprint density at radius 3 is 2.71 bits per heavy atom. The molecular weight excluding hydrogens is 423 g/mol. The van der Waals surface area contributed by atoms with Crippen molar-refractivity contribution < 1.29 is 27.1 Å². The van der Waals surface area contributed by atoms with Gasteiger partial charge >= 0.3 is 0 Å². The Morgan fingerprint density at radius 1 is 1.23 bits per heavy atom. The van der Waals surface area contributed by atoms with Gasteiger partial charge in [-0.2, -0.15) is 0 Å². The Bertz CT molecular complexity index is 957. The number of carbonyl (C=O) groups is 2. The van der Waals surface area contributed by atoms with Gasteiger partial charge < -0.3 is 4.74 Å². The molecule has 0 spiro atoms. The Labute approximate surface area is 182 Å². The zero-order valence-electron chi connectivity index (χ0n) is 17.7. The minimum absolute atomic E-state index is 0.0344. The smallest absolute Gasteiger partial charge is 0.253 e. The van der Waals surface area contributed by atoms with Crippen molar-refractivity contribution in [1.29, 1.82) is 0 Å². The molecule has 0 saturated heterocycles. The highest BCUT2D eigenvalue weighted by Crippen LogP contribution is 2.31. The van der Waals surface area contributed by atoms with Crippen molar-refractivity contribution in [3.63, 3.8) is 0 Å². The lowest BCUT2D eigenvalue weighted by Crippen LogP contribution is -2.34. The minimum atomic E-state index is -3.51. The van der Waals surface area contributed by atoms with Crippen LogP contribution in [-0.2, 0) is 19.6 Å². The summed E-state index contributed by atoms with van der Waals surface area (Å²) in [6.07, 6.45) is 6.31. The number of nitrogens with one attached hydrogen (secondary N) is 2. The number of rotatable bonds is 12. The van der Waals surface area contributed by atoms with Gasteiger partial charge in [0.15, 0.2) is 11.6 Å². The number of imide groups is 1. The van der Waals surface area contributed by atoms with Crippen LogP contribution in [0, 0.1) is 11.7 Å². The summed E-state index contributed by atoms with van der Waals surface area (Å²) < 4.78 is 46.9. The molecule has 0 radical (unpaired) electrons. The van der Waals surface area contributed by atoms with Crippen LogP contribution in [0.5, 0.6) is 5.75 Å². The molecule has 1 aromatic carbocycles. The molecule has 1 aromatic rings. The standard InChI is InChI=1S/C22H29FN2O5S/c1-15(18-8-10-19(23)20(13-18)30-14-16-6-7-16)25-31(28,29)12-4-2-3-5-17-9-11-21(26)24-22(17)27/h8-10,13,15-16,25H,2-7,11-12,14H2,1H3,(H,24,26,27)/t15-/m1/s1.